The van der Waals surface area contributed by atoms with Crippen LogP contribution in [0.4, 0.5) is 11.4 Å². The average molecular weight is 477 g/mol. The van der Waals surface area contributed by atoms with Crippen LogP contribution in [0, 0.1) is 25.2 Å². The van der Waals surface area contributed by atoms with E-state index < -0.39 is 5.97 Å². The van der Waals surface area contributed by atoms with Crippen molar-refractivity contribution in [1.29, 1.82) is 5.26 Å². The van der Waals surface area contributed by atoms with Gasteiger partial charge in [-0.05, 0) is 57.5 Å². The molecule has 174 valence electrons. The number of thiol groups is 1. The third kappa shape index (κ3) is 3.86. The van der Waals surface area contributed by atoms with Gasteiger partial charge in [-0.3, -0.25) is 4.68 Å². The molecular weight excluding hydrogens is 452 g/mol. The number of rotatable bonds is 6. The predicted molar refractivity (Wildman–Crippen MR) is 133 cm³/mol. The molecule has 4 rings (SSSR count). The van der Waals surface area contributed by atoms with E-state index in [0.29, 0.717) is 17.1 Å². The highest BCUT2D eigenvalue weighted by atomic mass is 32.1. The van der Waals surface area contributed by atoms with Gasteiger partial charge in [-0.2, -0.15) is 15.5 Å². The molecule has 1 aromatic carbocycles. The van der Waals surface area contributed by atoms with Gasteiger partial charge in [-0.1, -0.05) is 0 Å². The van der Waals surface area contributed by atoms with Gasteiger partial charge in [0.1, 0.15) is 23.2 Å². The SMILES string of the molecule is CCN(CC)c1ccc(/N=C2/C(C(=O)OS)=Nn3c2nc(C#N)c3-c2cc(C)n(C)n2)c(C)c1. The molecule has 0 fully saturated rings. The molecule has 0 amide bonds. The number of hydrogen-bond donors (Lipinski definition) is 1. The van der Waals surface area contributed by atoms with Crippen LogP contribution in [0.5, 0.6) is 0 Å². The molecule has 0 saturated carbocycles. The van der Waals surface area contributed by atoms with Gasteiger partial charge in [0.05, 0.1) is 5.69 Å². The molecule has 1 aliphatic rings. The van der Waals surface area contributed by atoms with E-state index in [1.807, 2.05) is 38.1 Å². The monoisotopic (exact) mass is 476 g/mol. The first-order valence-corrected chi connectivity index (χ1v) is 11.1. The standard InChI is InChI=1S/C23H24N8O2S/c1-6-30(7-2)15-8-9-16(13(3)10-15)25-19-20(23(32)33-34)28-31-21(18(12-24)26-22(19)31)17-11-14(4)29(5)27-17/h8-11,34H,6-7H2,1-5H3/b25-19-. The molecule has 0 unspecified atom stereocenters. The summed E-state index contributed by atoms with van der Waals surface area (Å²) in [5.74, 6) is -0.512. The number of nitriles is 1. The van der Waals surface area contributed by atoms with Crippen LogP contribution in [0.25, 0.3) is 11.4 Å². The van der Waals surface area contributed by atoms with Crippen molar-refractivity contribution in [2.75, 3.05) is 18.0 Å². The summed E-state index contributed by atoms with van der Waals surface area (Å²) < 4.78 is 7.75. The first kappa shape index (κ1) is 23.3. The van der Waals surface area contributed by atoms with Crippen LogP contribution in [0.1, 0.15) is 36.6 Å². The van der Waals surface area contributed by atoms with E-state index >= 15 is 0 Å². The molecule has 0 atom stereocenters. The van der Waals surface area contributed by atoms with Crippen molar-refractivity contribution < 1.29 is 8.98 Å². The quantitative estimate of drug-likeness (QED) is 0.431. The second kappa shape index (κ2) is 9.15. The Kier molecular flexibility index (Phi) is 6.26. The van der Waals surface area contributed by atoms with Gasteiger partial charge in [-0.15, -0.1) is 0 Å². The lowest BCUT2D eigenvalue weighted by Gasteiger charge is -2.21. The second-order valence-electron chi connectivity index (χ2n) is 7.78. The zero-order valence-corrected chi connectivity index (χ0v) is 20.5. The molecule has 0 N–H and O–H groups in total. The van der Waals surface area contributed by atoms with E-state index in [1.165, 1.54) is 4.68 Å². The molecule has 10 nitrogen and oxygen atoms in total. The maximum absolute atomic E-state index is 12.5. The molecule has 3 heterocycles. The van der Waals surface area contributed by atoms with E-state index in [2.05, 4.69) is 57.1 Å². The second-order valence-corrected chi connectivity index (χ2v) is 7.96. The molecule has 34 heavy (non-hydrogen) atoms. The zero-order chi connectivity index (χ0) is 24.6. The fourth-order valence-corrected chi connectivity index (χ4v) is 3.94. The van der Waals surface area contributed by atoms with Crippen LogP contribution in [0.2, 0.25) is 0 Å². The molecule has 1 aliphatic heterocycles. The average Bonchev–Trinajstić information content (AvgIpc) is 3.47. The summed E-state index contributed by atoms with van der Waals surface area (Å²) in [7, 11) is 1.80. The fourth-order valence-electron chi connectivity index (χ4n) is 3.86. The van der Waals surface area contributed by atoms with Crippen molar-refractivity contribution in [1.82, 2.24) is 19.4 Å². The van der Waals surface area contributed by atoms with Crippen molar-refractivity contribution in [2.45, 2.75) is 27.7 Å². The van der Waals surface area contributed by atoms with E-state index in [-0.39, 0.29) is 22.9 Å². The van der Waals surface area contributed by atoms with Crippen LogP contribution in [0.15, 0.2) is 34.4 Å². The van der Waals surface area contributed by atoms with Crippen LogP contribution < -0.4 is 4.90 Å². The molecule has 2 aromatic heterocycles. The number of anilines is 1. The van der Waals surface area contributed by atoms with Gasteiger partial charge in [0, 0.05) is 44.4 Å². The predicted octanol–water partition coefficient (Wildman–Crippen LogP) is 3.34. The lowest BCUT2D eigenvalue weighted by Crippen LogP contribution is -2.23. The Bertz CT molecular complexity index is 1370. The van der Waals surface area contributed by atoms with Crippen molar-refractivity contribution in [3.8, 4) is 17.5 Å². The first-order valence-electron chi connectivity index (χ1n) is 10.8. The van der Waals surface area contributed by atoms with Gasteiger partial charge in [-0.25, -0.2) is 19.4 Å². The number of carbonyl (C=O) groups excluding carboxylic acids is 1. The van der Waals surface area contributed by atoms with Crippen molar-refractivity contribution >= 4 is 41.7 Å². The van der Waals surface area contributed by atoms with Crippen LogP contribution in [0.3, 0.4) is 0 Å². The Morgan fingerprint density at radius 1 is 1.26 bits per heavy atom. The minimum atomic E-state index is -0.772. The Morgan fingerprint density at radius 3 is 2.56 bits per heavy atom. The number of aryl methyl sites for hydroxylation is 3. The summed E-state index contributed by atoms with van der Waals surface area (Å²) in [5.41, 5.74) is 4.72. The number of nitrogens with zero attached hydrogens (tertiary/aromatic N) is 8. The fraction of sp³-hybridized carbons (Fsp3) is 0.304. The summed E-state index contributed by atoms with van der Waals surface area (Å²) >= 11 is 3.66. The largest absolute Gasteiger partial charge is 0.390 e. The van der Waals surface area contributed by atoms with Gasteiger partial charge < -0.3 is 9.08 Å². The minimum absolute atomic E-state index is 0.0527. The van der Waals surface area contributed by atoms with Crippen LogP contribution in [-0.2, 0) is 16.0 Å². The number of fused-ring (bicyclic) bond motifs is 1. The van der Waals surface area contributed by atoms with Crippen LogP contribution >= 0.6 is 12.9 Å². The molecule has 0 radical (unpaired) electrons. The van der Waals surface area contributed by atoms with E-state index in [4.69, 9.17) is 4.99 Å². The molecule has 0 bridgehead atoms. The third-order valence-electron chi connectivity index (χ3n) is 5.77. The lowest BCUT2D eigenvalue weighted by molar-refractivity contribution is -0.125. The van der Waals surface area contributed by atoms with Crippen molar-refractivity contribution in [2.24, 2.45) is 17.1 Å². The Hall–Kier alpha value is -3.91. The lowest BCUT2D eigenvalue weighted by atomic mass is 10.1. The van der Waals surface area contributed by atoms with E-state index in [9.17, 15) is 10.1 Å². The first-order chi connectivity index (χ1) is 16.3. The number of aromatic nitrogens is 4. The number of benzene rings is 1. The number of hydrogen-bond acceptors (Lipinski definition) is 9. The summed E-state index contributed by atoms with van der Waals surface area (Å²) in [6.45, 7) is 9.82. The number of carbonyl (C=O) groups is 1. The molecule has 0 aliphatic carbocycles. The third-order valence-corrected chi connectivity index (χ3v) is 5.94. The maximum Gasteiger partial charge on any atom is 0.373 e. The van der Waals surface area contributed by atoms with Gasteiger partial charge in [0.2, 0.25) is 0 Å². The number of imidazole rings is 1. The Balaban J connectivity index is 1.89. The van der Waals surface area contributed by atoms with Crippen LogP contribution in [-0.4, -0.2) is 49.9 Å². The zero-order valence-electron chi connectivity index (χ0n) is 19.6. The molecule has 0 spiro atoms. The highest BCUT2D eigenvalue weighted by Crippen LogP contribution is 2.31. The Labute approximate surface area is 202 Å². The molecule has 3 aromatic rings. The van der Waals surface area contributed by atoms with Crippen molar-refractivity contribution in [3.05, 3.63) is 47.0 Å². The van der Waals surface area contributed by atoms with Gasteiger partial charge in [0.25, 0.3) is 0 Å². The highest BCUT2D eigenvalue weighted by Gasteiger charge is 2.36. The molecule has 11 heteroatoms. The normalized spacial score (nSPS) is 13.6. The smallest absolute Gasteiger partial charge is 0.373 e. The maximum atomic E-state index is 12.5. The van der Waals surface area contributed by atoms with Gasteiger partial charge >= 0.3 is 5.97 Å². The van der Waals surface area contributed by atoms with Gasteiger partial charge in [0.15, 0.2) is 17.2 Å². The summed E-state index contributed by atoms with van der Waals surface area (Å²) in [4.78, 5) is 23.9. The minimum Gasteiger partial charge on any atom is -0.390 e. The number of aliphatic imine (C=N–C) groups is 1. The summed E-state index contributed by atoms with van der Waals surface area (Å²) in [6, 6.07) is 9.84. The Morgan fingerprint density at radius 2 is 2.00 bits per heavy atom. The summed E-state index contributed by atoms with van der Waals surface area (Å²) in [6.07, 6.45) is 0. The topological polar surface area (TPSA) is 114 Å². The summed E-state index contributed by atoms with van der Waals surface area (Å²) in [5, 5.41) is 18.6. The van der Waals surface area contributed by atoms with E-state index in [1.54, 1.807) is 11.7 Å². The van der Waals surface area contributed by atoms with E-state index in [0.717, 1.165) is 30.0 Å². The molecule has 0 saturated heterocycles. The highest BCUT2D eigenvalue weighted by molar-refractivity contribution is 7.75. The van der Waals surface area contributed by atoms with Crippen molar-refractivity contribution in [3.63, 3.8) is 0 Å². The molecular formula is C23H24N8O2S.